The van der Waals surface area contributed by atoms with Gasteiger partial charge in [0.25, 0.3) is 0 Å². The van der Waals surface area contributed by atoms with Gasteiger partial charge < -0.3 is 9.84 Å². The lowest BCUT2D eigenvalue weighted by Gasteiger charge is -2.31. The summed E-state index contributed by atoms with van der Waals surface area (Å²) in [6.45, 7) is 3.17. The van der Waals surface area contributed by atoms with Crippen LogP contribution in [0.3, 0.4) is 0 Å². The number of aromatic amines is 1. The van der Waals surface area contributed by atoms with E-state index < -0.39 is 0 Å². The summed E-state index contributed by atoms with van der Waals surface area (Å²) in [7, 11) is 0. The SMILES string of the molecule is OCCN1CCOC(c2[nH]nc3ncccc23)C1. The Morgan fingerprint density at radius 2 is 2.50 bits per heavy atom. The molecule has 3 heterocycles. The van der Waals surface area contributed by atoms with Gasteiger partial charge in [0, 0.05) is 31.2 Å². The fourth-order valence-electron chi connectivity index (χ4n) is 2.34. The molecule has 0 aliphatic carbocycles. The van der Waals surface area contributed by atoms with E-state index in [-0.39, 0.29) is 12.7 Å². The Hall–Kier alpha value is -1.50. The van der Waals surface area contributed by atoms with Crippen LogP contribution in [-0.2, 0) is 4.74 Å². The van der Waals surface area contributed by atoms with E-state index >= 15 is 0 Å². The highest BCUT2D eigenvalue weighted by atomic mass is 16.5. The summed E-state index contributed by atoms with van der Waals surface area (Å²) in [5.74, 6) is 0. The van der Waals surface area contributed by atoms with Crippen molar-refractivity contribution in [2.45, 2.75) is 6.10 Å². The molecule has 0 aromatic carbocycles. The van der Waals surface area contributed by atoms with Crippen molar-refractivity contribution in [2.75, 3.05) is 32.8 Å². The quantitative estimate of drug-likeness (QED) is 0.818. The number of aliphatic hydroxyl groups excluding tert-OH is 1. The molecule has 1 aliphatic rings. The minimum atomic E-state index is -0.0282. The summed E-state index contributed by atoms with van der Waals surface area (Å²) in [6.07, 6.45) is 1.70. The third kappa shape index (κ3) is 2.10. The average molecular weight is 248 g/mol. The van der Waals surface area contributed by atoms with Crippen molar-refractivity contribution < 1.29 is 9.84 Å². The van der Waals surface area contributed by atoms with E-state index in [1.54, 1.807) is 6.20 Å². The monoisotopic (exact) mass is 248 g/mol. The van der Waals surface area contributed by atoms with E-state index in [1.165, 1.54) is 0 Å². The Morgan fingerprint density at radius 3 is 3.39 bits per heavy atom. The standard InChI is InChI=1S/C12H16N4O2/c17-6-4-16-5-7-18-10(8-16)11-9-2-1-3-13-12(9)15-14-11/h1-3,10,17H,4-8H2,(H,13,14,15). The molecule has 0 saturated carbocycles. The van der Waals surface area contributed by atoms with Crippen molar-refractivity contribution in [2.24, 2.45) is 0 Å². The number of β-amino-alcohol motifs (C(OH)–C–C–N with tert-alkyl or cyclic N) is 1. The van der Waals surface area contributed by atoms with Crippen molar-refractivity contribution in [1.82, 2.24) is 20.1 Å². The largest absolute Gasteiger partial charge is 0.395 e. The van der Waals surface area contributed by atoms with E-state index in [2.05, 4.69) is 20.1 Å². The fourth-order valence-corrected chi connectivity index (χ4v) is 2.34. The molecule has 2 N–H and O–H groups in total. The third-order valence-electron chi connectivity index (χ3n) is 3.25. The Labute approximate surface area is 105 Å². The van der Waals surface area contributed by atoms with Crippen molar-refractivity contribution in [3.8, 4) is 0 Å². The number of ether oxygens (including phenoxy) is 1. The zero-order chi connectivity index (χ0) is 12.4. The number of nitrogens with zero attached hydrogens (tertiary/aromatic N) is 3. The zero-order valence-corrected chi connectivity index (χ0v) is 10.0. The molecule has 0 bridgehead atoms. The van der Waals surface area contributed by atoms with Crippen LogP contribution in [0.1, 0.15) is 11.8 Å². The molecule has 1 aliphatic heterocycles. The van der Waals surface area contributed by atoms with Crippen LogP contribution in [0.5, 0.6) is 0 Å². The molecular formula is C12H16N4O2. The van der Waals surface area contributed by atoms with E-state index in [0.29, 0.717) is 13.2 Å². The number of hydrogen-bond acceptors (Lipinski definition) is 5. The molecule has 1 unspecified atom stereocenters. The first-order chi connectivity index (χ1) is 8.88. The van der Waals surface area contributed by atoms with Gasteiger partial charge in [-0.25, -0.2) is 4.98 Å². The van der Waals surface area contributed by atoms with Gasteiger partial charge in [0.1, 0.15) is 6.10 Å². The lowest BCUT2D eigenvalue weighted by atomic mass is 10.1. The Kier molecular flexibility index (Phi) is 3.22. The normalized spacial score (nSPS) is 21.5. The number of pyridine rings is 1. The molecule has 2 aromatic heterocycles. The minimum Gasteiger partial charge on any atom is -0.395 e. The van der Waals surface area contributed by atoms with Crippen LogP contribution in [0.2, 0.25) is 0 Å². The van der Waals surface area contributed by atoms with Gasteiger partial charge >= 0.3 is 0 Å². The van der Waals surface area contributed by atoms with Crippen LogP contribution in [0.15, 0.2) is 18.3 Å². The number of H-pyrrole nitrogens is 1. The lowest BCUT2D eigenvalue weighted by Crippen LogP contribution is -2.40. The predicted molar refractivity (Wildman–Crippen MR) is 66.1 cm³/mol. The Morgan fingerprint density at radius 1 is 1.56 bits per heavy atom. The van der Waals surface area contributed by atoms with E-state index in [4.69, 9.17) is 9.84 Å². The van der Waals surface area contributed by atoms with E-state index in [0.717, 1.165) is 29.8 Å². The molecule has 18 heavy (non-hydrogen) atoms. The minimum absolute atomic E-state index is 0.0282. The van der Waals surface area contributed by atoms with Crippen molar-refractivity contribution in [1.29, 1.82) is 0 Å². The van der Waals surface area contributed by atoms with Gasteiger partial charge in [0.15, 0.2) is 5.65 Å². The molecule has 2 aromatic rings. The maximum absolute atomic E-state index is 8.99. The van der Waals surface area contributed by atoms with Crippen LogP contribution in [0.4, 0.5) is 0 Å². The molecule has 1 fully saturated rings. The first kappa shape index (κ1) is 11.6. The number of fused-ring (bicyclic) bond motifs is 1. The van der Waals surface area contributed by atoms with Gasteiger partial charge in [-0.05, 0) is 12.1 Å². The van der Waals surface area contributed by atoms with Crippen molar-refractivity contribution >= 4 is 11.0 Å². The van der Waals surface area contributed by atoms with Crippen molar-refractivity contribution in [3.05, 3.63) is 24.0 Å². The predicted octanol–water partition coefficient (Wildman–Crippen LogP) is 0.323. The molecule has 0 radical (unpaired) electrons. The highest BCUT2D eigenvalue weighted by Crippen LogP contribution is 2.25. The Bertz CT molecular complexity index is 526. The molecule has 1 saturated heterocycles. The average Bonchev–Trinajstić information content (AvgIpc) is 2.83. The van der Waals surface area contributed by atoms with E-state index in [1.807, 2.05) is 12.1 Å². The van der Waals surface area contributed by atoms with Gasteiger partial charge in [-0.3, -0.25) is 10.00 Å². The maximum atomic E-state index is 8.99. The summed E-state index contributed by atoms with van der Waals surface area (Å²) < 4.78 is 5.78. The molecule has 6 nitrogen and oxygen atoms in total. The highest BCUT2D eigenvalue weighted by Gasteiger charge is 2.24. The van der Waals surface area contributed by atoms with Crippen LogP contribution >= 0.6 is 0 Å². The molecule has 0 amide bonds. The molecule has 96 valence electrons. The maximum Gasteiger partial charge on any atom is 0.181 e. The molecule has 0 spiro atoms. The van der Waals surface area contributed by atoms with Gasteiger partial charge in [0.2, 0.25) is 0 Å². The van der Waals surface area contributed by atoms with Crippen LogP contribution in [-0.4, -0.2) is 58.0 Å². The molecular weight excluding hydrogens is 232 g/mol. The number of aromatic nitrogens is 3. The Balaban J connectivity index is 1.85. The van der Waals surface area contributed by atoms with Crippen LogP contribution in [0, 0.1) is 0 Å². The van der Waals surface area contributed by atoms with Crippen LogP contribution in [0.25, 0.3) is 11.0 Å². The number of morpholine rings is 1. The molecule has 1 atom stereocenters. The van der Waals surface area contributed by atoms with Gasteiger partial charge in [-0.1, -0.05) is 0 Å². The number of hydrogen-bond donors (Lipinski definition) is 2. The number of nitrogens with one attached hydrogen (secondary N) is 1. The lowest BCUT2D eigenvalue weighted by molar-refractivity contribution is -0.0351. The summed E-state index contributed by atoms with van der Waals surface area (Å²) in [6, 6.07) is 3.89. The third-order valence-corrected chi connectivity index (χ3v) is 3.25. The summed E-state index contributed by atoms with van der Waals surface area (Å²) in [5, 5.41) is 17.2. The first-order valence-corrected chi connectivity index (χ1v) is 6.12. The number of rotatable bonds is 3. The highest BCUT2D eigenvalue weighted by molar-refractivity contribution is 5.77. The van der Waals surface area contributed by atoms with Gasteiger partial charge in [-0.15, -0.1) is 0 Å². The van der Waals surface area contributed by atoms with Crippen LogP contribution < -0.4 is 0 Å². The van der Waals surface area contributed by atoms with Crippen molar-refractivity contribution in [3.63, 3.8) is 0 Å². The van der Waals surface area contributed by atoms with Gasteiger partial charge in [0.05, 0.1) is 18.9 Å². The van der Waals surface area contributed by atoms with E-state index in [9.17, 15) is 0 Å². The molecule has 3 rings (SSSR count). The zero-order valence-electron chi connectivity index (χ0n) is 10.0. The second kappa shape index (κ2) is 5.01. The summed E-state index contributed by atoms with van der Waals surface area (Å²) in [5.41, 5.74) is 1.69. The first-order valence-electron chi connectivity index (χ1n) is 6.12. The fraction of sp³-hybridized carbons (Fsp3) is 0.500. The topological polar surface area (TPSA) is 74.3 Å². The summed E-state index contributed by atoms with van der Waals surface area (Å²) >= 11 is 0. The summed E-state index contributed by atoms with van der Waals surface area (Å²) in [4.78, 5) is 6.39. The van der Waals surface area contributed by atoms with Gasteiger partial charge in [-0.2, -0.15) is 5.10 Å². The smallest absolute Gasteiger partial charge is 0.181 e. The molecule has 6 heteroatoms. The number of aliphatic hydroxyl groups is 1. The second-order valence-electron chi connectivity index (χ2n) is 4.40. The second-order valence-corrected chi connectivity index (χ2v) is 4.40.